The number of benzene rings is 2. The van der Waals surface area contributed by atoms with Crippen molar-refractivity contribution in [1.29, 1.82) is 0 Å². The zero-order chi connectivity index (χ0) is 23.5. The molecule has 2 aromatic carbocycles. The van der Waals surface area contributed by atoms with Crippen molar-refractivity contribution in [1.82, 2.24) is 10.2 Å². The van der Waals surface area contributed by atoms with Crippen molar-refractivity contribution in [3.63, 3.8) is 0 Å². The van der Waals surface area contributed by atoms with E-state index in [1.807, 2.05) is 0 Å². The Bertz CT molecular complexity index is 984. The molecule has 0 aromatic heterocycles. The molecule has 0 bridgehead atoms. The van der Waals surface area contributed by atoms with Crippen LogP contribution in [0.25, 0.3) is 0 Å². The van der Waals surface area contributed by atoms with Gasteiger partial charge in [0.25, 0.3) is 5.91 Å². The summed E-state index contributed by atoms with van der Waals surface area (Å²) in [7, 11) is 3.02. The highest BCUT2D eigenvalue weighted by molar-refractivity contribution is 5.97. The predicted octanol–water partition coefficient (Wildman–Crippen LogP) is 2.09. The molecule has 0 fully saturated rings. The van der Waals surface area contributed by atoms with Crippen LogP contribution in [-0.4, -0.2) is 50.1 Å². The summed E-state index contributed by atoms with van der Waals surface area (Å²) in [4.78, 5) is 38.9. The van der Waals surface area contributed by atoms with Crippen molar-refractivity contribution in [2.45, 2.75) is 19.5 Å². The highest BCUT2D eigenvalue weighted by Crippen LogP contribution is 2.29. The molecule has 32 heavy (non-hydrogen) atoms. The summed E-state index contributed by atoms with van der Waals surface area (Å²) in [5.74, 6) is 1.29. The van der Waals surface area contributed by atoms with E-state index in [1.165, 1.54) is 19.1 Å². The van der Waals surface area contributed by atoms with Crippen molar-refractivity contribution < 1.29 is 28.6 Å². The molecule has 0 radical (unpaired) electrons. The molecule has 8 nitrogen and oxygen atoms in total. The molecule has 8 heteroatoms. The number of terminal acetylenes is 1. The van der Waals surface area contributed by atoms with Crippen LogP contribution < -0.4 is 14.8 Å². The van der Waals surface area contributed by atoms with E-state index in [9.17, 15) is 14.4 Å². The fraction of sp³-hybridized carbons (Fsp3) is 0.292. The van der Waals surface area contributed by atoms with E-state index < -0.39 is 23.8 Å². The van der Waals surface area contributed by atoms with E-state index in [2.05, 4.69) is 11.2 Å². The predicted molar refractivity (Wildman–Crippen MR) is 118 cm³/mol. The summed E-state index contributed by atoms with van der Waals surface area (Å²) in [5.41, 5.74) is 1.15. The van der Waals surface area contributed by atoms with Crippen molar-refractivity contribution in [2.75, 3.05) is 27.4 Å². The summed E-state index contributed by atoms with van der Waals surface area (Å²) < 4.78 is 15.5. The average molecular weight is 438 g/mol. The van der Waals surface area contributed by atoms with Gasteiger partial charge >= 0.3 is 5.97 Å². The normalized spacial score (nSPS) is 10.9. The maximum atomic E-state index is 13.1. The van der Waals surface area contributed by atoms with E-state index in [4.69, 9.17) is 20.6 Å². The summed E-state index contributed by atoms with van der Waals surface area (Å²) in [6.07, 6.45) is 5.42. The summed E-state index contributed by atoms with van der Waals surface area (Å²) in [6.45, 7) is 1.51. The van der Waals surface area contributed by atoms with Crippen molar-refractivity contribution in [2.24, 2.45) is 0 Å². The Labute approximate surface area is 187 Å². The summed E-state index contributed by atoms with van der Waals surface area (Å²) in [6, 6.07) is 12.7. The van der Waals surface area contributed by atoms with Crippen LogP contribution in [0.5, 0.6) is 11.5 Å². The van der Waals surface area contributed by atoms with Crippen LogP contribution >= 0.6 is 0 Å². The molecular weight excluding hydrogens is 412 g/mol. The zero-order valence-electron chi connectivity index (χ0n) is 18.3. The number of methoxy groups -OCH3 is 2. The largest absolute Gasteiger partial charge is 0.497 e. The number of hydrogen-bond acceptors (Lipinski definition) is 6. The third-order valence-corrected chi connectivity index (χ3v) is 4.61. The summed E-state index contributed by atoms with van der Waals surface area (Å²) in [5, 5.41) is 2.53. The number of esters is 1. The second-order valence-corrected chi connectivity index (χ2v) is 6.59. The van der Waals surface area contributed by atoms with Crippen LogP contribution in [0.1, 0.15) is 24.1 Å². The summed E-state index contributed by atoms with van der Waals surface area (Å²) >= 11 is 0. The van der Waals surface area contributed by atoms with Gasteiger partial charge in [-0.15, -0.1) is 6.42 Å². The molecular formula is C24H26N2O6. The van der Waals surface area contributed by atoms with Gasteiger partial charge in [-0.1, -0.05) is 30.3 Å². The van der Waals surface area contributed by atoms with Crippen LogP contribution in [0.2, 0.25) is 0 Å². The number of amides is 2. The first kappa shape index (κ1) is 24.3. The van der Waals surface area contributed by atoms with Gasteiger partial charge in [0.05, 0.1) is 27.4 Å². The minimum atomic E-state index is -1.08. The van der Waals surface area contributed by atoms with Gasteiger partial charge in [-0.05, 0) is 30.5 Å². The lowest BCUT2D eigenvalue weighted by Crippen LogP contribution is -2.44. The van der Waals surface area contributed by atoms with Gasteiger partial charge in [-0.2, -0.15) is 0 Å². The van der Waals surface area contributed by atoms with E-state index >= 15 is 0 Å². The number of carbonyl (C=O) groups excluding carboxylic acids is 3. The molecule has 2 amide bonds. The molecule has 0 heterocycles. The monoisotopic (exact) mass is 438 g/mol. The Kier molecular flexibility index (Phi) is 9.11. The fourth-order valence-electron chi connectivity index (χ4n) is 3.11. The lowest BCUT2D eigenvalue weighted by molar-refractivity contribution is -0.144. The van der Waals surface area contributed by atoms with Crippen LogP contribution in [0.3, 0.4) is 0 Å². The maximum absolute atomic E-state index is 13.1. The van der Waals surface area contributed by atoms with Crippen LogP contribution in [0.15, 0.2) is 48.5 Å². The number of nitrogens with zero attached hydrogens (tertiary/aromatic N) is 1. The Hall–Kier alpha value is -3.99. The quantitative estimate of drug-likeness (QED) is 0.451. The topological polar surface area (TPSA) is 94.2 Å². The Morgan fingerprint density at radius 1 is 1.09 bits per heavy atom. The second-order valence-electron chi connectivity index (χ2n) is 6.59. The molecule has 0 aliphatic rings. The standard InChI is InChI=1S/C24H26N2O6/c1-5-21(27)26(16-18-12-13-19(30-3)14-20(18)31-4)23(17-10-8-7-9-11-17)24(29)25-15-22(28)32-6-2/h1,7-14,23H,6,15-16H2,2-4H3,(H,25,29). The van der Waals surface area contributed by atoms with Gasteiger partial charge in [0, 0.05) is 11.6 Å². The number of ether oxygens (including phenoxy) is 3. The minimum Gasteiger partial charge on any atom is -0.497 e. The second kappa shape index (κ2) is 12.0. The molecule has 1 N–H and O–H groups in total. The molecule has 1 unspecified atom stereocenters. The molecule has 2 aromatic rings. The van der Waals surface area contributed by atoms with Crippen LogP contribution in [0, 0.1) is 12.3 Å². The number of hydrogen-bond donors (Lipinski definition) is 1. The molecule has 2 rings (SSSR count). The molecule has 0 saturated carbocycles. The molecule has 0 aliphatic carbocycles. The van der Waals surface area contributed by atoms with Gasteiger partial charge < -0.3 is 24.4 Å². The zero-order valence-corrected chi connectivity index (χ0v) is 18.3. The van der Waals surface area contributed by atoms with Gasteiger partial charge in [-0.3, -0.25) is 14.4 Å². The molecule has 168 valence electrons. The van der Waals surface area contributed by atoms with Crippen molar-refractivity contribution in [3.8, 4) is 23.8 Å². The lowest BCUT2D eigenvalue weighted by atomic mass is 10.0. The maximum Gasteiger partial charge on any atom is 0.325 e. The Balaban J connectivity index is 2.44. The van der Waals surface area contributed by atoms with E-state index in [-0.39, 0.29) is 19.7 Å². The SMILES string of the molecule is C#CC(=O)N(Cc1ccc(OC)cc1OC)C(C(=O)NCC(=O)OCC)c1ccccc1. The highest BCUT2D eigenvalue weighted by atomic mass is 16.5. The van der Waals surface area contributed by atoms with Crippen LogP contribution in [-0.2, 0) is 25.7 Å². The first-order chi connectivity index (χ1) is 15.4. The van der Waals surface area contributed by atoms with Gasteiger partial charge in [0.2, 0.25) is 5.91 Å². The minimum absolute atomic E-state index is 0.0113. The molecule has 1 atom stereocenters. The third kappa shape index (κ3) is 6.25. The van der Waals surface area contributed by atoms with Crippen molar-refractivity contribution in [3.05, 3.63) is 59.7 Å². The highest BCUT2D eigenvalue weighted by Gasteiger charge is 2.32. The van der Waals surface area contributed by atoms with E-state index in [1.54, 1.807) is 55.5 Å². The molecule has 0 aliphatic heterocycles. The lowest BCUT2D eigenvalue weighted by Gasteiger charge is -2.30. The van der Waals surface area contributed by atoms with Crippen LogP contribution in [0.4, 0.5) is 0 Å². The number of nitrogens with one attached hydrogen (secondary N) is 1. The number of rotatable bonds is 10. The Morgan fingerprint density at radius 3 is 2.41 bits per heavy atom. The number of carbonyl (C=O) groups is 3. The van der Waals surface area contributed by atoms with Gasteiger partial charge in [-0.25, -0.2) is 0 Å². The third-order valence-electron chi connectivity index (χ3n) is 4.61. The van der Waals surface area contributed by atoms with E-state index in [0.29, 0.717) is 22.6 Å². The molecule has 0 spiro atoms. The van der Waals surface area contributed by atoms with Gasteiger partial charge in [0.15, 0.2) is 0 Å². The van der Waals surface area contributed by atoms with E-state index in [0.717, 1.165) is 0 Å². The first-order valence-electron chi connectivity index (χ1n) is 9.91. The molecule has 0 saturated heterocycles. The average Bonchev–Trinajstić information content (AvgIpc) is 2.82. The fourth-order valence-corrected chi connectivity index (χ4v) is 3.11. The smallest absolute Gasteiger partial charge is 0.325 e. The van der Waals surface area contributed by atoms with Crippen molar-refractivity contribution >= 4 is 17.8 Å². The Morgan fingerprint density at radius 2 is 1.81 bits per heavy atom. The van der Waals surface area contributed by atoms with Gasteiger partial charge in [0.1, 0.15) is 24.1 Å². The first-order valence-corrected chi connectivity index (χ1v) is 9.91.